The summed E-state index contributed by atoms with van der Waals surface area (Å²) in [6.07, 6.45) is 2.09. The highest BCUT2D eigenvalue weighted by atomic mass is 32.1. The maximum Gasteiger partial charge on any atom is 0.312 e. The molecule has 0 spiro atoms. The van der Waals surface area contributed by atoms with Crippen LogP contribution in [0.4, 0.5) is 4.79 Å². The Hall–Kier alpha value is -0.460. The minimum atomic E-state index is -0.432. The molecular formula is C5H18N2O3S. The molecule has 7 N–H and O–H groups in total. The van der Waals surface area contributed by atoms with Crippen molar-refractivity contribution in [3.05, 3.63) is 0 Å². The fourth-order valence-corrected chi connectivity index (χ4v) is 0.388. The Kier molecular flexibility index (Phi) is 33.2. The van der Waals surface area contributed by atoms with Crippen LogP contribution in [0.5, 0.6) is 0 Å². The molecule has 0 radical (unpaired) electrons. The lowest BCUT2D eigenvalue weighted by molar-refractivity contribution is 0.249. The molecule has 0 saturated carbocycles. The number of hydrogen-bond acceptors (Lipinski definition) is 1. The Labute approximate surface area is 73.4 Å². The second-order valence-corrected chi connectivity index (χ2v) is 1.64. The first-order valence-corrected chi connectivity index (χ1v) is 2.80. The van der Waals surface area contributed by atoms with E-state index in [0.29, 0.717) is 6.54 Å². The highest BCUT2D eigenvalue weighted by Crippen LogP contribution is 1.80. The van der Waals surface area contributed by atoms with Crippen molar-refractivity contribution in [2.45, 2.75) is 19.8 Å². The molecule has 5 nitrogen and oxygen atoms in total. The molecule has 0 saturated heterocycles. The van der Waals surface area contributed by atoms with Gasteiger partial charge < -0.3 is 22.0 Å². The number of urea groups is 1. The van der Waals surface area contributed by atoms with Gasteiger partial charge in [-0.2, -0.15) is 13.5 Å². The number of primary amides is 1. The molecule has 72 valence electrons. The maximum absolute atomic E-state index is 9.99. The summed E-state index contributed by atoms with van der Waals surface area (Å²) in [4.78, 5) is 9.99. The van der Waals surface area contributed by atoms with Gasteiger partial charge in [0.25, 0.3) is 0 Å². The van der Waals surface area contributed by atoms with E-state index in [1.807, 2.05) is 0 Å². The van der Waals surface area contributed by atoms with E-state index in [4.69, 9.17) is 5.73 Å². The average molecular weight is 186 g/mol. The van der Waals surface area contributed by atoms with Gasteiger partial charge in [0.2, 0.25) is 0 Å². The molecule has 0 fully saturated rings. The van der Waals surface area contributed by atoms with E-state index >= 15 is 0 Å². The van der Waals surface area contributed by atoms with Crippen LogP contribution in [0.2, 0.25) is 0 Å². The van der Waals surface area contributed by atoms with Crippen molar-refractivity contribution in [2.24, 2.45) is 5.73 Å². The predicted octanol–water partition coefficient (Wildman–Crippen LogP) is -1.08. The van der Waals surface area contributed by atoms with Crippen molar-refractivity contribution in [3.63, 3.8) is 0 Å². The first-order chi connectivity index (χ1) is 3.77. The van der Waals surface area contributed by atoms with Gasteiger partial charge in [-0.3, -0.25) is 0 Å². The van der Waals surface area contributed by atoms with Crippen LogP contribution in [0.15, 0.2) is 0 Å². The Morgan fingerprint density at radius 2 is 1.91 bits per heavy atom. The van der Waals surface area contributed by atoms with Crippen LogP contribution in [0, 0.1) is 0 Å². The number of amides is 2. The lowest BCUT2D eigenvalue weighted by Gasteiger charge is -1.96. The first kappa shape index (κ1) is 22.4. The summed E-state index contributed by atoms with van der Waals surface area (Å²) in [5.74, 6) is 0. The molecule has 0 aromatic rings. The number of rotatable bonds is 3. The van der Waals surface area contributed by atoms with Gasteiger partial charge in [0.15, 0.2) is 0 Å². The molecule has 0 rings (SSSR count). The molecule has 2 amide bonds. The summed E-state index contributed by atoms with van der Waals surface area (Å²) < 4.78 is 0. The Balaban J connectivity index is -0.0000000817. The van der Waals surface area contributed by atoms with Crippen molar-refractivity contribution in [1.82, 2.24) is 5.32 Å². The van der Waals surface area contributed by atoms with Crippen LogP contribution < -0.4 is 11.1 Å². The van der Waals surface area contributed by atoms with Crippen molar-refractivity contribution in [3.8, 4) is 0 Å². The van der Waals surface area contributed by atoms with Crippen molar-refractivity contribution in [1.29, 1.82) is 0 Å². The molecule has 0 atom stereocenters. The van der Waals surface area contributed by atoms with Crippen molar-refractivity contribution < 1.29 is 15.7 Å². The molecule has 6 heteroatoms. The SMILES string of the molecule is CCCCNC(N)=O.O.O.S. The van der Waals surface area contributed by atoms with Gasteiger partial charge >= 0.3 is 6.03 Å². The van der Waals surface area contributed by atoms with E-state index in [1.54, 1.807) is 0 Å². The molecule has 0 aliphatic rings. The topological polar surface area (TPSA) is 118 Å². The molecular weight excluding hydrogens is 168 g/mol. The van der Waals surface area contributed by atoms with Crippen LogP contribution in [0.3, 0.4) is 0 Å². The molecule has 0 aromatic carbocycles. The third-order valence-corrected chi connectivity index (χ3v) is 0.830. The van der Waals surface area contributed by atoms with Crippen molar-refractivity contribution in [2.75, 3.05) is 6.54 Å². The van der Waals surface area contributed by atoms with Gasteiger partial charge in [-0.1, -0.05) is 13.3 Å². The van der Waals surface area contributed by atoms with Gasteiger partial charge in [0.05, 0.1) is 0 Å². The Bertz CT molecular complexity index is 82.1. The quantitative estimate of drug-likeness (QED) is 0.535. The standard InChI is InChI=1S/C5H12N2O.2H2O.H2S/c1-2-3-4-7-5(6)8;;;/h2-4H2,1H3,(H3,6,7,8);3*1H2. The monoisotopic (exact) mass is 186 g/mol. The Morgan fingerprint density at radius 3 is 2.18 bits per heavy atom. The fourth-order valence-electron chi connectivity index (χ4n) is 0.388. The highest BCUT2D eigenvalue weighted by Gasteiger charge is 1.86. The maximum atomic E-state index is 9.99. The number of hydrogen-bond donors (Lipinski definition) is 2. The fraction of sp³-hybridized carbons (Fsp3) is 0.800. The smallest absolute Gasteiger partial charge is 0.312 e. The number of nitrogens with two attached hydrogens (primary N) is 1. The van der Waals surface area contributed by atoms with Crippen LogP contribution >= 0.6 is 13.5 Å². The van der Waals surface area contributed by atoms with Crippen LogP contribution in [-0.2, 0) is 0 Å². The summed E-state index contributed by atoms with van der Waals surface area (Å²) in [6.45, 7) is 2.76. The van der Waals surface area contributed by atoms with Gasteiger partial charge in [-0.25, -0.2) is 4.79 Å². The normalized spacial score (nSPS) is 6.27. The van der Waals surface area contributed by atoms with Gasteiger partial charge in [-0.05, 0) is 6.42 Å². The zero-order valence-electron chi connectivity index (χ0n) is 6.61. The largest absolute Gasteiger partial charge is 0.412 e. The number of carbonyl (C=O) groups is 1. The first-order valence-electron chi connectivity index (χ1n) is 2.80. The predicted molar refractivity (Wildman–Crippen MR) is 50.1 cm³/mol. The second-order valence-electron chi connectivity index (χ2n) is 1.64. The number of nitrogens with one attached hydrogen (secondary N) is 1. The zero-order valence-corrected chi connectivity index (χ0v) is 7.61. The minimum Gasteiger partial charge on any atom is -0.412 e. The third kappa shape index (κ3) is 26.3. The van der Waals surface area contributed by atoms with Gasteiger partial charge in [0, 0.05) is 6.54 Å². The number of unbranched alkanes of at least 4 members (excludes halogenated alkanes) is 1. The average Bonchev–Trinajstić information content (AvgIpc) is 1.66. The minimum absolute atomic E-state index is 0. The summed E-state index contributed by atoms with van der Waals surface area (Å²) in [5, 5.41) is 2.49. The van der Waals surface area contributed by atoms with Gasteiger partial charge in [-0.15, -0.1) is 0 Å². The van der Waals surface area contributed by atoms with E-state index in [0.717, 1.165) is 12.8 Å². The second kappa shape index (κ2) is 16.3. The van der Waals surface area contributed by atoms with E-state index in [1.165, 1.54) is 0 Å². The molecule has 0 unspecified atom stereocenters. The lowest BCUT2D eigenvalue weighted by atomic mass is 10.3. The zero-order chi connectivity index (χ0) is 6.41. The summed E-state index contributed by atoms with van der Waals surface area (Å²) in [7, 11) is 0. The van der Waals surface area contributed by atoms with E-state index < -0.39 is 6.03 Å². The van der Waals surface area contributed by atoms with Crippen LogP contribution in [0.1, 0.15) is 19.8 Å². The Morgan fingerprint density at radius 1 is 1.45 bits per heavy atom. The summed E-state index contributed by atoms with van der Waals surface area (Å²) in [6, 6.07) is -0.432. The molecule has 0 aliphatic heterocycles. The van der Waals surface area contributed by atoms with E-state index in [2.05, 4.69) is 12.2 Å². The highest BCUT2D eigenvalue weighted by molar-refractivity contribution is 7.59. The molecule has 0 aliphatic carbocycles. The van der Waals surface area contributed by atoms with Gasteiger partial charge in [0.1, 0.15) is 0 Å². The molecule has 0 aromatic heterocycles. The van der Waals surface area contributed by atoms with E-state index in [-0.39, 0.29) is 24.4 Å². The lowest BCUT2D eigenvalue weighted by Crippen LogP contribution is -2.29. The molecule has 0 bridgehead atoms. The molecule has 0 heterocycles. The van der Waals surface area contributed by atoms with Crippen molar-refractivity contribution >= 4 is 19.5 Å². The molecule has 11 heavy (non-hydrogen) atoms. The van der Waals surface area contributed by atoms with Crippen LogP contribution in [0.25, 0.3) is 0 Å². The third-order valence-electron chi connectivity index (χ3n) is 0.830. The summed E-state index contributed by atoms with van der Waals surface area (Å²) in [5.41, 5.74) is 4.78. The number of carbonyl (C=O) groups excluding carboxylic acids is 1. The van der Waals surface area contributed by atoms with Crippen LogP contribution in [-0.4, -0.2) is 23.5 Å². The van der Waals surface area contributed by atoms with E-state index in [9.17, 15) is 4.79 Å². The summed E-state index contributed by atoms with van der Waals surface area (Å²) >= 11 is 0.